The van der Waals surface area contributed by atoms with Gasteiger partial charge in [0.1, 0.15) is 13.0 Å². The Morgan fingerprint density at radius 3 is 2.10 bits per heavy atom. The van der Waals surface area contributed by atoms with Crippen molar-refractivity contribution in [3.8, 4) is 0 Å². The Hall–Kier alpha value is -0.990. The molecule has 0 unspecified atom stereocenters. The van der Waals surface area contributed by atoms with Gasteiger partial charge in [-0.1, -0.05) is 0 Å². The van der Waals surface area contributed by atoms with Crippen LogP contribution in [0.4, 0.5) is 0 Å². The summed E-state index contributed by atoms with van der Waals surface area (Å²) < 4.78 is 29.7. The van der Waals surface area contributed by atoms with Gasteiger partial charge in [0.15, 0.2) is 0 Å². The second-order valence-electron chi connectivity index (χ2n) is 3.96. The van der Waals surface area contributed by atoms with Gasteiger partial charge in [-0.05, 0) is 6.42 Å². The third kappa shape index (κ3) is 15.2. The summed E-state index contributed by atoms with van der Waals surface area (Å²) in [6, 6.07) is 0. The molecule has 10 heteroatoms. The van der Waals surface area contributed by atoms with E-state index in [1.54, 1.807) is 0 Å². The van der Waals surface area contributed by atoms with Crippen molar-refractivity contribution < 1.29 is 42.9 Å². The van der Waals surface area contributed by atoms with Crippen molar-refractivity contribution in [2.24, 2.45) is 0 Å². The standard InChI is InChI=1S/C11H21O9P/c1-17-4-5-18-6-7-20-11(13)9-10(12)19-3-2-8-21(14,15)16/h2-9H2,1H3,(H2,14,15,16). The van der Waals surface area contributed by atoms with Crippen molar-refractivity contribution in [2.75, 3.05) is 46.3 Å². The predicted octanol–water partition coefficient (Wildman–Crippen LogP) is -0.306. The molecule has 0 aromatic carbocycles. The molecule has 0 aromatic heterocycles. The Bertz CT molecular complexity index is 352. The van der Waals surface area contributed by atoms with E-state index in [0.717, 1.165) is 0 Å². The zero-order valence-corrected chi connectivity index (χ0v) is 12.8. The van der Waals surface area contributed by atoms with Gasteiger partial charge in [-0.25, -0.2) is 0 Å². The van der Waals surface area contributed by atoms with Gasteiger partial charge in [-0.15, -0.1) is 0 Å². The molecule has 0 bridgehead atoms. The quantitative estimate of drug-likeness (QED) is 0.214. The normalized spacial score (nSPS) is 11.2. The maximum Gasteiger partial charge on any atom is 0.325 e. The van der Waals surface area contributed by atoms with Crippen LogP contribution in [0, 0.1) is 0 Å². The molecule has 0 aromatic rings. The van der Waals surface area contributed by atoms with E-state index in [0.29, 0.717) is 13.2 Å². The van der Waals surface area contributed by atoms with Crippen LogP contribution in [0.25, 0.3) is 0 Å². The molecular weight excluding hydrogens is 307 g/mol. The third-order valence-corrected chi connectivity index (χ3v) is 2.97. The average molecular weight is 328 g/mol. The number of ether oxygens (including phenoxy) is 4. The van der Waals surface area contributed by atoms with Crippen molar-refractivity contribution in [2.45, 2.75) is 12.8 Å². The monoisotopic (exact) mass is 328 g/mol. The van der Waals surface area contributed by atoms with Crippen molar-refractivity contribution in [3.05, 3.63) is 0 Å². The molecule has 0 spiro atoms. The molecule has 0 saturated heterocycles. The van der Waals surface area contributed by atoms with Crippen molar-refractivity contribution in [1.82, 2.24) is 0 Å². The van der Waals surface area contributed by atoms with Crippen LogP contribution in [0.1, 0.15) is 12.8 Å². The van der Waals surface area contributed by atoms with Crippen LogP contribution >= 0.6 is 7.60 Å². The zero-order valence-electron chi connectivity index (χ0n) is 11.9. The second-order valence-corrected chi connectivity index (χ2v) is 5.74. The molecule has 0 aliphatic heterocycles. The molecule has 9 nitrogen and oxygen atoms in total. The maximum atomic E-state index is 11.2. The summed E-state index contributed by atoms with van der Waals surface area (Å²) in [7, 11) is -2.55. The van der Waals surface area contributed by atoms with Crippen LogP contribution in [-0.4, -0.2) is 68.0 Å². The van der Waals surface area contributed by atoms with Gasteiger partial charge in [0, 0.05) is 7.11 Å². The number of rotatable bonds is 12. The van der Waals surface area contributed by atoms with E-state index < -0.39 is 26.0 Å². The molecule has 124 valence electrons. The van der Waals surface area contributed by atoms with Crippen LogP contribution in [0.15, 0.2) is 0 Å². The highest BCUT2D eigenvalue weighted by molar-refractivity contribution is 7.51. The number of carbonyl (C=O) groups excluding carboxylic acids is 2. The Morgan fingerprint density at radius 1 is 0.952 bits per heavy atom. The molecule has 0 aliphatic rings. The SMILES string of the molecule is COCCOCCOC(=O)CC(=O)OCCCP(=O)(O)O. The van der Waals surface area contributed by atoms with E-state index in [4.69, 9.17) is 24.0 Å². The largest absolute Gasteiger partial charge is 0.465 e. The summed E-state index contributed by atoms with van der Waals surface area (Å²) in [5.41, 5.74) is 0. The number of methoxy groups -OCH3 is 1. The van der Waals surface area contributed by atoms with Crippen molar-refractivity contribution >= 4 is 19.5 Å². The second kappa shape index (κ2) is 11.6. The van der Waals surface area contributed by atoms with Crippen LogP contribution in [0.3, 0.4) is 0 Å². The van der Waals surface area contributed by atoms with Gasteiger partial charge in [0.2, 0.25) is 0 Å². The molecule has 21 heavy (non-hydrogen) atoms. The molecular formula is C11H21O9P. The van der Waals surface area contributed by atoms with Crippen LogP contribution in [0.2, 0.25) is 0 Å². The highest BCUT2D eigenvalue weighted by atomic mass is 31.2. The maximum absolute atomic E-state index is 11.2. The van der Waals surface area contributed by atoms with E-state index in [9.17, 15) is 14.2 Å². The minimum Gasteiger partial charge on any atom is -0.465 e. The van der Waals surface area contributed by atoms with E-state index in [1.807, 2.05) is 0 Å². The first kappa shape index (κ1) is 20.0. The van der Waals surface area contributed by atoms with Crippen LogP contribution < -0.4 is 0 Å². The summed E-state index contributed by atoms with van der Waals surface area (Å²) in [6.07, 6.45) is -0.893. The number of hydrogen-bond donors (Lipinski definition) is 2. The number of carbonyl (C=O) groups is 2. The molecule has 0 amide bonds. The first-order valence-corrected chi connectivity index (χ1v) is 8.07. The molecule has 2 N–H and O–H groups in total. The molecule has 0 heterocycles. The van der Waals surface area contributed by atoms with Crippen molar-refractivity contribution in [3.63, 3.8) is 0 Å². The highest BCUT2D eigenvalue weighted by Crippen LogP contribution is 2.34. The Morgan fingerprint density at radius 2 is 1.52 bits per heavy atom. The molecule has 0 aliphatic carbocycles. The minimum absolute atomic E-state index is 0.0219. The van der Waals surface area contributed by atoms with Gasteiger partial charge < -0.3 is 28.7 Å². The fourth-order valence-electron chi connectivity index (χ4n) is 1.14. The lowest BCUT2D eigenvalue weighted by molar-refractivity contribution is -0.155. The zero-order chi connectivity index (χ0) is 16.1. The lowest BCUT2D eigenvalue weighted by Crippen LogP contribution is -2.17. The Kier molecular flexibility index (Phi) is 11.1. The van der Waals surface area contributed by atoms with E-state index >= 15 is 0 Å². The predicted molar refractivity (Wildman–Crippen MR) is 70.8 cm³/mol. The molecule has 0 fully saturated rings. The highest BCUT2D eigenvalue weighted by Gasteiger charge is 2.14. The summed E-state index contributed by atoms with van der Waals surface area (Å²) >= 11 is 0. The van der Waals surface area contributed by atoms with E-state index in [2.05, 4.69) is 4.74 Å². The Labute approximate surface area is 122 Å². The number of hydrogen-bond acceptors (Lipinski definition) is 7. The first-order valence-electron chi connectivity index (χ1n) is 6.27. The molecule has 0 radical (unpaired) electrons. The van der Waals surface area contributed by atoms with Crippen molar-refractivity contribution in [1.29, 1.82) is 0 Å². The van der Waals surface area contributed by atoms with E-state index in [-0.39, 0.29) is 32.4 Å². The summed E-state index contributed by atoms with van der Waals surface area (Å²) in [4.78, 5) is 39.6. The van der Waals surface area contributed by atoms with Crippen LogP contribution in [-0.2, 0) is 33.1 Å². The van der Waals surface area contributed by atoms with E-state index in [1.165, 1.54) is 7.11 Å². The van der Waals surface area contributed by atoms with Gasteiger partial charge in [0.05, 0.1) is 32.6 Å². The summed E-state index contributed by atoms with van der Waals surface area (Å²) in [5.74, 6) is -1.55. The summed E-state index contributed by atoms with van der Waals surface area (Å²) in [6.45, 7) is 0.891. The summed E-state index contributed by atoms with van der Waals surface area (Å²) in [5, 5.41) is 0. The molecule has 0 saturated carbocycles. The lowest BCUT2D eigenvalue weighted by atomic mass is 10.4. The number of esters is 2. The third-order valence-electron chi connectivity index (χ3n) is 2.07. The Balaban J connectivity index is 3.52. The fraction of sp³-hybridized carbons (Fsp3) is 0.818. The topological polar surface area (TPSA) is 129 Å². The smallest absolute Gasteiger partial charge is 0.325 e. The minimum atomic E-state index is -4.09. The first-order chi connectivity index (χ1) is 9.85. The molecule has 0 atom stereocenters. The van der Waals surface area contributed by atoms with Gasteiger partial charge in [-0.2, -0.15) is 0 Å². The van der Waals surface area contributed by atoms with Gasteiger partial charge in [0.25, 0.3) is 0 Å². The lowest BCUT2D eigenvalue weighted by Gasteiger charge is -2.07. The van der Waals surface area contributed by atoms with Crippen LogP contribution in [0.5, 0.6) is 0 Å². The fourth-order valence-corrected chi connectivity index (χ4v) is 1.68. The molecule has 0 rings (SSSR count). The van der Waals surface area contributed by atoms with Gasteiger partial charge in [-0.3, -0.25) is 14.2 Å². The van der Waals surface area contributed by atoms with Gasteiger partial charge >= 0.3 is 19.5 Å². The average Bonchev–Trinajstić information content (AvgIpc) is 2.38.